The highest BCUT2D eigenvalue weighted by atomic mass is 28.4. The van der Waals surface area contributed by atoms with Crippen LogP contribution in [0.2, 0.25) is 6.04 Å². The van der Waals surface area contributed by atoms with Gasteiger partial charge in [0.1, 0.15) is 0 Å². The molecule has 0 amide bonds. The van der Waals surface area contributed by atoms with Crippen LogP contribution >= 0.6 is 0 Å². The smallest absolute Gasteiger partial charge is 0.381 e. The highest BCUT2D eigenvalue weighted by molar-refractivity contribution is 6.60. The zero-order chi connectivity index (χ0) is 34.8. The lowest BCUT2D eigenvalue weighted by atomic mass is 10.1. The summed E-state index contributed by atoms with van der Waals surface area (Å²) in [5.74, 6) is 0. The Bertz CT molecular complexity index is 557. The number of ether oxygens (including phenoxy) is 1. The molecule has 0 bridgehead atoms. The van der Waals surface area contributed by atoms with Crippen molar-refractivity contribution in [3.8, 4) is 0 Å². The number of allylic oxidation sites excluding steroid dienone is 4. The average molecular weight is 683 g/mol. The molecule has 0 aromatic rings. The van der Waals surface area contributed by atoms with Gasteiger partial charge in [-0.3, -0.25) is 0 Å². The molecule has 0 saturated heterocycles. The first-order valence-electron chi connectivity index (χ1n) is 20.7. The molecule has 0 heterocycles. The van der Waals surface area contributed by atoms with Gasteiger partial charge < -0.3 is 18.0 Å². The van der Waals surface area contributed by atoms with Crippen molar-refractivity contribution in [2.45, 2.75) is 213 Å². The molecule has 0 atom stereocenters. The lowest BCUT2D eigenvalue weighted by Gasteiger charge is -2.23. The first kappa shape index (κ1) is 48.7. The topological polar surface area (TPSA) is 36.9 Å². The van der Waals surface area contributed by atoms with Gasteiger partial charge in [0.05, 0.1) is 0 Å². The normalized spacial score (nSPS) is 12.0. The average Bonchev–Trinajstić information content (AvgIpc) is 3.09. The van der Waals surface area contributed by atoms with E-state index in [-0.39, 0.29) is 0 Å². The minimum atomic E-state index is -2.22. The van der Waals surface area contributed by atoms with Crippen LogP contribution in [0.15, 0.2) is 24.3 Å². The predicted molar refractivity (Wildman–Crippen MR) is 212 cm³/mol. The molecule has 0 radical (unpaired) electrons. The number of unbranched alkanes of at least 4 members (excludes halogenated alkanes) is 24. The zero-order valence-electron chi connectivity index (χ0n) is 33.1. The first-order chi connectivity index (χ1) is 23.2. The Morgan fingerprint density at radius 3 is 0.872 bits per heavy atom. The van der Waals surface area contributed by atoms with E-state index in [9.17, 15) is 0 Å². The molecule has 0 aromatic carbocycles. The standard InChI is InChI=1S/C36H70O.C6H16O3Si/c1-3-5-7-9-11-13-15-17-19-21-23-25-27-29-31-33-35-37-36-34-32-30-28-26-24-22-20-18-16-14-12-10-8-6-4-2;1-5-6-10(7-2,8-3)9-4/h17-20H,3-16,21-36H2,1-2H3;5-6H2,1-4H3/b19-17-,20-18-;. The van der Waals surface area contributed by atoms with E-state index < -0.39 is 8.80 Å². The summed E-state index contributed by atoms with van der Waals surface area (Å²) in [6, 6.07) is 0.885. The Morgan fingerprint density at radius 2 is 0.617 bits per heavy atom. The van der Waals surface area contributed by atoms with Crippen molar-refractivity contribution in [3.05, 3.63) is 24.3 Å². The van der Waals surface area contributed by atoms with Crippen LogP contribution in [0.5, 0.6) is 0 Å². The molecule has 282 valence electrons. The predicted octanol–water partition coefficient (Wildman–Crippen LogP) is 14.4. The lowest BCUT2D eigenvalue weighted by Crippen LogP contribution is -2.42. The Labute approximate surface area is 298 Å². The molecule has 0 aromatic heterocycles. The largest absolute Gasteiger partial charge is 0.500 e. The van der Waals surface area contributed by atoms with Gasteiger partial charge in [0.2, 0.25) is 0 Å². The molecule has 0 rings (SSSR count). The van der Waals surface area contributed by atoms with Crippen molar-refractivity contribution < 1.29 is 18.0 Å². The van der Waals surface area contributed by atoms with E-state index in [1.165, 1.54) is 180 Å². The van der Waals surface area contributed by atoms with Gasteiger partial charge in [-0.15, -0.1) is 0 Å². The number of hydrogen-bond acceptors (Lipinski definition) is 4. The summed E-state index contributed by atoms with van der Waals surface area (Å²) in [4.78, 5) is 0. The van der Waals surface area contributed by atoms with Crippen LogP contribution in [0.3, 0.4) is 0 Å². The third-order valence-corrected chi connectivity index (χ3v) is 12.1. The summed E-state index contributed by atoms with van der Waals surface area (Å²) >= 11 is 0. The van der Waals surface area contributed by atoms with Gasteiger partial charge in [-0.25, -0.2) is 0 Å². The van der Waals surface area contributed by atoms with E-state index in [1.54, 1.807) is 21.3 Å². The minimum Gasteiger partial charge on any atom is -0.381 e. The highest BCUT2D eigenvalue weighted by Crippen LogP contribution is 2.14. The Hall–Kier alpha value is -0.463. The molecular formula is C42H86O4Si. The maximum Gasteiger partial charge on any atom is 0.500 e. The van der Waals surface area contributed by atoms with Crippen molar-refractivity contribution in [3.63, 3.8) is 0 Å². The summed E-state index contributed by atoms with van der Waals surface area (Å²) in [7, 11) is 2.68. The summed E-state index contributed by atoms with van der Waals surface area (Å²) in [5, 5.41) is 0. The van der Waals surface area contributed by atoms with Crippen molar-refractivity contribution in [2.24, 2.45) is 0 Å². The fourth-order valence-electron chi connectivity index (χ4n) is 5.87. The molecule has 0 saturated carbocycles. The van der Waals surface area contributed by atoms with Gasteiger partial charge in [0.15, 0.2) is 0 Å². The molecular weight excluding hydrogens is 597 g/mol. The Balaban J connectivity index is 0. The van der Waals surface area contributed by atoms with Crippen LogP contribution in [0.25, 0.3) is 0 Å². The van der Waals surface area contributed by atoms with E-state index in [1.807, 2.05) is 0 Å². The van der Waals surface area contributed by atoms with E-state index in [2.05, 4.69) is 45.1 Å². The summed E-state index contributed by atoms with van der Waals surface area (Å²) in [6.07, 6.45) is 49.1. The van der Waals surface area contributed by atoms with Crippen LogP contribution in [0.1, 0.15) is 207 Å². The minimum absolute atomic E-state index is 0.885. The second-order valence-electron chi connectivity index (χ2n) is 13.5. The van der Waals surface area contributed by atoms with E-state index in [0.717, 1.165) is 25.7 Å². The second kappa shape index (κ2) is 43.6. The van der Waals surface area contributed by atoms with Gasteiger partial charge in [-0.2, -0.15) is 0 Å². The van der Waals surface area contributed by atoms with Gasteiger partial charge in [-0.05, 0) is 64.2 Å². The molecule has 0 unspecified atom stereocenters. The number of hydrogen-bond donors (Lipinski definition) is 0. The maximum absolute atomic E-state index is 5.85. The Morgan fingerprint density at radius 1 is 0.340 bits per heavy atom. The highest BCUT2D eigenvalue weighted by Gasteiger charge is 2.36. The molecule has 4 nitrogen and oxygen atoms in total. The van der Waals surface area contributed by atoms with Crippen LogP contribution in [-0.2, 0) is 18.0 Å². The van der Waals surface area contributed by atoms with E-state index in [4.69, 9.17) is 18.0 Å². The fourth-order valence-corrected chi connectivity index (χ4v) is 7.59. The lowest BCUT2D eigenvalue weighted by molar-refractivity contribution is 0.123. The fraction of sp³-hybridized carbons (Fsp3) is 0.905. The SMILES string of the molecule is CCCCCCCC/C=C\CCCCCCCCOCCCCCCCC/C=C\CCCCCCCC.CCC[Si](OC)(OC)OC. The molecule has 0 spiro atoms. The van der Waals surface area contributed by atoms with Crippen molar-refractivity contribution >= 4 is 8.80 Å². The second-order valence-corrected chi connectivity index (χ2v) is 16.6. The summed E-state index contributed by atoms with van der Waals surface area (Å²) in [5.41, 5.74) is 0. The maximum atomic E-state index is 5.85. The quantitative estimate of drug-likeness (QED) is 0.0371. The van der Waals surface area contributed by atoms with Gasteiger partial charge in [0.25, 0.3) is 0 Å². The first-order valence-corrected chi connectivity index (χ1v) is 22.6. The molecule has 0 aliphatic carbocycles. The molecule has 47 heavy (non-hydrogen) atoms. The van der Waals surface area contributed by atoms with Gasteiger partial charge in [0, 0.05) is 40.6 Å². The third kappa shape index (κ3) is 39.9. The van der Waals surface area contributed by atoms with Crippen molar-refractivity contribution in [1.82, 2.24) is 0 Å². The van der Waals surface area contributed by atoms with E-state index in [0.29, 0.717) is 0 Å². The Kier molecular flexibility index (Phi) is 45.1. The van der Waals surface area contributed by atoms with Crippen LogP contribution < -0.4 is 0 Å². The third-order valence-electron chi connectivity index (χ3n) is 9.09. The monoisotopic (exact) mass is 683 g/mol. The van der Waals surface area contributed by atoms with Crippen LogP contribution in [-0.4, -0.2) is 43.3 Å². The van der Waals surface area contributed by atoms with Crippen molar-refractivity contribution in [2.75, 3.05) is 34.5 Å². The number of rotatable bonds is 37. The summed E-state index contributed by atoms with van der Waals surface area (Å²) in [6.45, 7) is 8.62. The van der Waals surface area contributed by atoms with E-state index >= 15 is 0 Å². The van der Waals surface area contributed by atoms with Crippen molar-refractivity contribution in [1.29, 1.82) is 0 Å². The van der Waals surface area contributed by atoms with Crippen LogP contribution in [0, 0.1) is 0 Å². The summed E-state index contributed by atoms with van der Waals surface area (Å²) < 4.78 is 21.4. The molecule has 5 heteroatoms. The van der Waals surface area contributed by atoms with Crippen LogP contribution in [0.4, 0.5) is 0 Å². The van der Waals surface area contributed by atoms with Gasteiger partial charge >= 0.3 is 8.80 Å². The van der Waals surface area contributed by atoms with Gasteiger partial charge in [-0.1, -0.05) is 167 Å². The molecule has 0 N–H and O–H groups in total. The zero-order valence-corrected chi connectivity index (χ0v) is 34.1. The molecule has 0 fully saturated rings. The molecule has 0 aliphatic rings. The molecule has 0 aliphatic heterocycles.